The lowest BCUT2D eigenvalue weighted by atomic mass is 9.75. The first kappa shape index (κ1) is 16.1. The lowest BCUT2D eigenvalue weighted by Crippen LogP contribution is -2.50. The average molecular weight is 296 g/mol. The van der Waals surface area contributed by atoms with Crippen LogP contribution in [-0.4, -0.2) is 41.1 Å². The second-order valence-corrected chi connectivity index (χ2v) is 7.56. The van der Waals surface area contributed by atoms with Crippen molar-refractivity contribution in [3.8, 4) is 0 Å². The number of rotatable bonds is 2. The highest BCUT2D eigenvalue weighted by molar-refractivity contribution is 5.77. The van der Waals surface area contributed by atoms with E-state index >= 15 is 0 Å². The van der Waals surface area contributed by atoms with Crippen LogP contribution in [0.2, 0.25) is 0 Å². The van der Waals surface area contributed by atoms with Crippen molar-refractivity contribution in [3.05, 3.63) is 0 Å². The maximum absolute atomic E-state index is 12.3. The van der Waals surface area contributed by atoms with Crippen molar-refractivity contribution in [3.63, 3.8) is 0 Å². The van der Waals surface area contributed by atoms with E-state index in [4.69, 9.17) is 5.11 Å². The Morgan fingerprint density at radius 3 is 2.24 bits per heavy atom. The number of hydrogen-bond donors (Lipinski definition) is 2. The molecule has 120 valence electrons. The first-order chi connectivity index (χ1) is 9.79. The van der Waals surface area contributed by atoms with E-state index in [0.717, 1.165) is 38.8 Å². The molecule has 2 fully saturated rings. The molecule has 1 aliphatic carbocycles. The summed E-state index contributed by atoms with van der Waals surface area (Å²) in [5.74, 6) is -0.551. The Morgan fingerprint density at radius 2 is 1.71 bits per heavy atom. The zero-order chi connectivity index (χ0) is 15.6. The Balaban J connectivity index is 1.84. The molecule has 0 aromatic rings. The highest BCUT2D eigenvalue weighted by Crippen LogP contribution is 2.34. The standard InChI is InChI=1S/C16H28N2O3/c1-16(2,3)11-7-9-18(10-8-11)15(21)17-13-6-4-5-12(13)14(19)20/h11-13H,4-10H2,1-3H3,(H,17,21)(H,19,20). The summed E-state index contributed by atoms with van der Waals surface area (Å²) in [4.78, 5) is 25.3. The maximum atomic E-state index is 12.3. The SMILES string of the molecule is CC(C)(C)C1CCN(C(=O)NC2CCCC2C(=O)O)CC1. The summed E-state index contributed by atoms with van der Waals surface area (Å²) in [6.45, 7) is 8.31. The van der Waals surface area contributed by atoms with Crippen molar-refractivity contribution in [2.45, 2.75) is 58.9 Å². The number of likely N-dealkylation sites (tertiary alicyclic amines) is 1. The van der Waals surface area contributed by atoms with Gasteiger partial charge in [0.05, 0.1) is 5.92 Å². The minimum atomic E-state index is -0.788. The van der Waals surface area contributed by atoms with Gasteiger partial charge in [0.2, 0.25) is 0 Å². The molecule has 1 saturated heterocycles. The molecule has 2 unspecified atom stereocenters. The summed E-state index contributed by atoms with van der Waals surface area (Å²) in [6.07, 6.45) is 4.40. The van der Waals surface area contributed by atoms with Crippen LogP contribution in [0.25, 0.3) is 0 Å². The van der Waals surface area contributed by atoms with Gasteiger partial charge in [-0.25, -0.2) is 4.79 Å². The molecule has 0 spiro atoms. The van der Waals surface area contributed by atoms with Gasteiger partial charge in [-0.1, -0.05) is 27.2 Å². The highest BCUT2D eigenvalue weighted by atomic mass is 16.4. The lowest BCUT2D eigenvalue weighted by molar-refractivity contribution is -0.142. The van der Waals surface area contributed by atoms with Gasteiger partial charge in [0.25, 0.3) is 0 Å². The predicted molar refractivity (Wildman–Crippen MR) is 81.0 cm³/mol. The van der Waals surface area contributed by atoms with Crippen LogP contribution in [-0.2, 0) is 4.79 Å². The average Bonchev–Trinajstić information content (AvgIpc) is 2.86. The van der Waals surface area contributed by atoms with E-state index in [-0.39, 0.29) is 12.1 Å². The monoisotopic (exact) mass is 296 g/mol. The molecule has 0 bridgehead atoms. The zero-order valence-corrected chi connectivity index (χ0v) is 13.4. The molecule has 1 aliphatic heterocycles. The zero-order valence-electron chi connectivity index (χ0n) is 13.4. The molecule has 0 aromatic carbocycles. The van der Waals surface area contributed by atoms with Gasteiger partial charge in [-0.3, -0.25) is 4.79 Å². The lowest BCUT2D eigenvalue weighted by Gasteiger charge is -2.39. The van der Waals surface area contributed by atoms with Crippen LogP contribution in [0.5, 0.6) is 0 Å². The molecule has 1 heterocycles. The minimum absolute atomic E-state index is 0.0829. The molecule has 5 nitrogen and oxygen atoms in total. The number of urea groups is 1. The van der Waals surface area contributed by atoms with Crippen LogP contribution in [0.3, 0.4) is 0 Å². The maximum Gasteiger partial charge on any atom is 0.317 e. The Morgan fingerprint density at radius 1 is 1.10 bits per heavy atom. The van der Waals surface area contributed by atoms with Crippen molar-refractivity contribution >= 4 is 12.0 Å². The molecule has 1 saturated carbocycles. The van der Waals surface area contributed by atoms with Gasteiger partial charge in [0, 0.05) is 19.1 Å². The molecule has 2 atom stereocenters. The van der Waals surface area contributed by atoms with Gasteiger partial charge in [-0.2, -0.15) is 0 Å². The van der Waals surface area contributed by atoms with E-state index in [0.29, 0.717) is 17.8 Å². The summed E-state index contributed by atoms with van der Waals surface area (Å²) in [6, 6.07) is -0.282. The fraction of sp³-hybridized carbons (Fsp3) is 0.875. The van der Waals surface area contributed by atoms with E-state index in [2.05, 4.69) is 26.1 Å². The van der Waals surface area contributed by atoms with Crippen LogP contribution < -0.4 is 5.32 Å². The quantitative estimate of drug-likeness (QED) is 0.823. The number of carbonyl (C=O) groups is 2. The summed E-state index contributed by atoms with van der Waals surface area (Å²) < 4.78 is 0. The van der Waals surface area contributed by atoms with Crippen LogP contribution in [0.15, 0.2) is 0 Å². The van der Waals surface area contributed by atoms with Crippen molar-refractivity contribution in [2.24, 2.45) is 17.3 Å². The number of carbonyl (C=O) groups excluding carboxylic acids is 1. The second kappa shape index (κ2) is 6.24. The van der Waals surface area contributed by atoms with Gasteiger partial charge < -0.3 is 15.3 Å². The third-order valence-corrected chi connectivity index (χ3v) is 5.15. The number of carboxylic acids is 1. The third-order valence-electron chi connectivity index (χ3n) is 5.15. The van der Waals surface area contributed by atoms with Crippen LogP contribution in [0.1, 0.15) is 52.9 Å². The smallest absolute Gasteiger partial charge is 0.317 e. The van der Waals surface area contributed by atoms with Crippen molar-refractivity contribution < 1.29 is 14.7 Å². The number of aliphatic carboxylic acids is 1. The number of nitrogens with one attached hydrogen (secondary N) is 1. The van der Waals surface area contributed by atoms with Gasteiger partial charge >= 0.3 is 12.0 Å². The first-order valence-corrected chi connectivity index (χ1v) is 8.07. The van der Waals surface area contributed by atoms with Crippen molar-refractivity contribution in [1.29, 1.82) is 0 Å². The summed E-state index contributed by atoms with van der Waals surface area (Å²) in [7, 11) is 0. The van der Waals surface area contributed by atoms with Gasteiger partial charge in [-0.05, 0) is 37.0 Å². The fourth-order valence-electron chi connectivity index (χ4n) is 3.63. The third kappa shape index (κ3) is 3.89. The van der Waals surface area contributed by atoms with Crippen LogP contribution >= 0.6 is 0 Å². The van der Waals surface area contributed by atoms with Crippen molar-refractivity contribution in [2.75, 3.05) is 13.1 Å². The molecule has 5 heteroatoms. The molecule has 0 radical (unpaired) electrons. The molecule has 2 rings (SSSR count). The van der Waals surface area contributed by atoms with Gasteiger partial charge in [0.1, 0.15) is 0 Å². The van der Waals surface area contributed by atoms with E-state index < -0.39 is 11.9 Å². The second-order valence-electron chi connectivity index (χ2n) is 7.56. The van der Waals surface area contributed by atoms with Crippen LogP contribution in [0.4, 0.5) is 4.79 Å². The van der Waals surface area contributed by atoms with E-state index in [1.165, 1.54) is 0 Å². The molecule has 0 aromatic heterocycles. The molecule has 21 heavy (non-hydrogen) atoms. The van der Waals surface area contributed by atoms with Crippen LogP contribution in [0, 0.1) is 17.3 Å². The van der Waals surface area contributed by atoms with Gasteiger partial charge in [-0.15, -0.1) is 0 Å². The summed E-state index contributed by atoms with van der Waals surface area (Å²) >= 11 is 0. The first-order valence-electron chi connectivity index (χ1n) is 8.07. The van der Waals surface area contributed by atoms with E-state index in [1.807, 2.05) is 4.90 Å². The fourth-order valence-corrected chi connectivity index (χ4v) is 3.63. The number of hydrogen-bond acceptors (Lipinski definition) is 2. The van der Waals surface area contributed by atoms with E-state index in [1.54, 1.807) is 0 Å². The number of piperidine rings is 1. The molecular weight excluding hydrogens is 268 g/mol. The number of amides is 2. The van der Waals surface area contributed by atoms with E-state index in [9.17, 15) is 9.59 Å². The molecule has 2 N–H and O–H groups in total. The summed E-state index contributed by atoms with van der Waals surface area (Å²) in [5, 5.41) is 12.1. The topological polar surface area (TPSA) is 69.6 Å². The normalized spacial score (nSPS) is 27.7. The predicted octanol–water partition coefficient (Wildman–Crippen LogP) is 2.71. The molecular formula is C16H28N2O3. The Kier molecular flexibility index (Phi) is 4.79. The summed E-state index contributed by atoms with van der Waals surface area (Å²) in [5.41, 5.74) is 0.294. The van der Waals surface area contributed by atoms with Crippen molar-refractivity contribution in [1.82, 2.24) is 10.2 Å². The van der Waals surface area contributed by atoms with Gasteiger partial charge in [0.15, 0.2) is 0 Å². The number of nitrogens with zero attached hydrogens (tertiary/aromatic N) is 1. The molecule has 2 aliphatic rings. The highest BCUT2D eigenvalue weighted by Gasteiger charge is 2.36. The Labute approximate surface area is 127 Å². The number of carboxylic acid groups (broad SMARTS) is 1. The molecule has 2 amide bonds. The Hall–Kier alpha value is -1.26. The minimum Gasteiger partial charge on any atom is -0.481 e. The largest absolute Gasteiger partial charge is 0.481 e. The Bertz CT molecular complexity index is 395.